The zero-order chi connectivity index (χ0) is 16.2. The molecular weight excluding hydrogens is 341 g/mol. The van der Waals surface area contributed by atoms with Crippen LogP contribution in [0.4, 0.5) is 0 Å². The van der Waals surface area contributed by atoms with Crippen molar-refractivity contribution >= 4 is 40.9 Å². The van der Waals surface area contributed by atoms with E-state index in [1.807, 2.05) is 29.3 Å². The number of nitrogens with one attached hydrogen (secondary N) is 2. The van der Waals surface area contributed by atoms with Gasteiger partial charge in [-0.15, -0.1) is 11.6 Å². The Labute approximate surface area is 146 Å². The van der Waals surface area contributed by atoms with Crippen molar-refractivity contribution in [3.8, 4) is 0 Å². The first kappa shape index (κ1) is 17.9. The van der Waals surface area contributed by atoms with E-state index in [1.165, 1.54) is 5.49 Å². The van der Waals surface area contributed by atoms with Gasteiger partial charge in [0, 0.05) is 18.0 Å². The van der Waals surface area contributed by atoms with Crippen LogP contribution in [-0.4, -0.2) is 46.3 Å². The van der Waals surface area contributed by atoms with E-state index in [0.29, 0.717) is 24.7 Å². The lowest BCUT2D eigenvalue weighted by molar-refractivity contribution is -0.0195. The van der Waals surface area contributed by atoms with E-state index in [-0.39, 0.29) is 0 Å². The number of hydrogen-bond acceptors (Lipinski definition) is 4. The van der Waals surface area contributed by atoms with Crippen molar-refractivity contribution in [2.45, 2.75) is 29.7 Å². The van der Waals surface area contributed by atoms with E-state index in [4.69, 9.17) is 35.4 Å². The monoisotopic (exact) mass is 361 g/mol. The third kappa shape index (κ3) is 4.10. The van der Waals surface area contributed by atoms with Gasteiger partial charge in [-0.2, -0.15) is 0 Å². The molecule has 0 bridgehead atoms. The summed E-state index contributed by atoms with van der Waals surface area (Å²) in [5.41, 5.74) is 4.32. The fraction of sp³-hybridized carbons (Fsp3) is 0.533. The predicted molar refractivity (Wildman–Crippen MR) is 95.3 cm³/mol. The minimum Gasteiger partial charge on any atom is -0.386 e. The predicted octanol–water partition coefficient (Wildman–Crippen LogP) is 2.33. The Hall–Kier alpha value is -0.430. The molecule has 0 aliphatic heterocycles. The number of alkyl halides is 1. The molecular formula is C15H21Cl2N3OS. The number of hydrazine groups is 1. The number of nitrogens with zero attached hydrogens (tertiary/aromatic N) is 1. The van der Waals surface area contributed by atoms with Gasteiger partial charge < -0.3 is 10.4 Å². The van der Waals surface area contributed by atoms with Crippen molar-refractivity contribution in [3.05, 3.63) is 34.9 Å². The van der Waals surface area contributed by atoms with E-state index < -0.39 is 10.5 Å². The molecule has 0 spiro atoms. The van der Waals surface area contributed by atoms with Gasteiger partial charge in [0.15, 0.2) is 0 Å². The summed E-state index contributed by atoms with van der Waals surface area (Å²) in [6.07, 6.45) is 2.01. The number of thiocarbonyl (C=S) groups is 1. The van der Waals surface area contributed by atoms with Crippen LogP contribution in [0.3, 0.4) is 0 Å². The van der Waals surface area contributed by atoms with Crippen LogP contribution in [0.2, 0.25) is 5.02 Å². The average Bonchev–Trinajstić information content (AvgIpc) is 3.25. The summed E-state index contributed by atoms with van der Waals surface area (Å²) in [4.78, 5) is -0.598. The Morgan fingerprint density at radius 2 is 2.14 bits per heavy atom. The van der Waals surface area contributed by atoms with E-state index in [9.17, 15) is 5.11 Å². The second kappa shape index (κ2) is 7.43. The molecule has 1 saturated carbocycles. The molecule has 0 amide bonds. The number of hydrogen-bond donors (Lipinski definition) is 3. The molecule has 3 N–H and O–H groups in total. The molecule has 1 aromatic carbocycles. The normalized spacial score (nSPS) is 18.8. The van der Waals surface area contributed by atoms with Gasteiger partial charge in [0.25, 0.3) is 0 Å². The fourth-order valence-corrected chi connectivity index (χ4v) is 3.06. The third-order valence-corrected chi connectivity index (χ3v) is 5.36. The molecule has 2 rings (SSSR count). The highest BCUT2D eigenvalue weighted by Gasteiger charge is 2.58. The Bertz CT molecular complexity index is 527. The zero-order valence-electron chi connectivity index (χ0n) is 12.5. The van der Waals surface area contributed by atoms with Crippen molar-refractivity contribution in [2.75, 3.05) is 20.3 Å². The van der Waals surface area contributed by atoms with Gasteiger partial charge in [0.1, 0.15) is 5.60 Å². The Balaban J connectivity index is 2.17. The van der Waals surface area contributed by atoms with Crippen molar-refractivity contribution in [1.29, 1.82) is 0 Å². The Kier molecular flexibility index (Phi) is 6.05. The van der Waals surface area contributed by atoms with E-state index >= 15 is 0 Å². The summed E-state index contributed by atoms with van der Waals surface area (Å²) >= 11 is 17.6. The van der Waals surface area contributed by atoms with Gasteiger partial charge in [-0.1, -0.05) is 42.0 Å². The van der Waals surface area contributed by atoms with Crippen LogP contribution in [0.1, 0.15) is 18.4 Å². The van der Waals surface area contributed by atoms with Gasteiger partial charge in [0.2, 0.25) is 0 Å². The molecule has 1 aliphatic rings. The molecule has 0 saturated heterocycles. The lowest BCUT2D eigenvalue weighted by Gasteiger charge is -2.37. The SMILES string of the molecule is CNN(CNC=S)CC(O)(Cc1ccccc1Cl)C1(Cl)CC1. The summed E-state index contributed by atoms with van der Waals surface area (Å²) < 4.78 is 0. The molecule has 22 heavy (non-hydrogen) atoms. The second-order valence-electron chi connectivity index (χ2n) is 5.67. The lowest BCUT2D eigenvalue weighted by Crippen LogP contribution is -2.56. The number of halogens is 2. The van der Waals surface area contributed by atoms with E-state index in [1.54, 1.807) is 7.05 Å². The summed E-state index contributed by atoms with van der Waals surface area (Å²) in [5.74, 6) is 0. The van der Waals surface area contributed by atoms with Gasteiger partial charge >= 0.3 is 0 Å². The summed E-state index contributed by atoms with van der Waals surface area (Å²) in [6, 6.07) is 7.55. The maximum absolute atomic E-state index is 11.3. The van der Waals surface area contributed by atoms with Gasteiger partial charge in [-0.3, -0.25) is 5.43 Å². The summed E-state index contributed by atoms with van der Waals surface area (Å²) in [5, 5.41) is 16.7. The van der Waals surface area contributed by atoms with Gasteiger partial charge in [-0.05, 0) is 31.5 Å². The molecule has 1 aliphatic carbocycles. The lowest BCUT2D eigenvalue weighted by atomic mass is 9.88. The molecule has 1 atom stereocenters. The zero-order valence-corrected chi connectivity index (χ0v) is 14.8. The first-order chi connectivity index (χ1) is 10.4. The number of aliphatic hydroxyl groups is 1. The molecule has 0 radical (unpaired) electrons. The molecule has 7 heteroatoms. The molecule has 1 aromatic rings. The molecule has 0 aromatic heterocycles. The van der Waals surface area contributed by atoms with E-state index in [2.05, 4.69) is 10.7 Å². The highest BCUT2D eigenvalue weighted by molar-refractivity contribution is 7.78. The highest BCUT2D eigenvalue weighted by Crippen LogP contribution is 2.52. The van der Waals surface area contributed by atoms with Crippen LogP contribution in [0.25, 0.3) is 0 Å². The maximum atomic E-state index is 11.3. The van der Waals surface area contributed by atoms with Crippen LogP contribution < -0.4 is 10.7 Å². The first-order valence-electron chi connectivity index (χ1n) is 7.18. The van der Waals surface area contributed by atoms with Crippen LogP contribution in [0, 0.1) is 0 Å². The molecule has 0 heterocycles. The van der Waals surface area contributed by atoms with Crippen molar-refractivity contribution in [1.82, 2.24) is 15.8 Å². The minimum absolute atomic E-state index is 0.369. The molecule has 1 fully saturated rings. The van der Waals surface area contributed by atoms with Gasteiger partial charge in [0.05, 0.1) is 17.0 Å². The Morgan fingerprint density at radius 1 is 1.45 bits per heavy atom. The van der Waals surface area contributed by atoms with E-state index in [0.717, 1.165) is 18.4 Å². The summed E-state index contributed by atoms with van der Waals surface area (Å²) in [7, 11) is 1.80. The van der Waals surface area contributed by atoms with Crippen LogP contribution >= 0.6 is 35.4 Å². The minimum atomic E-state index is -1.08. The van der Waals surface area contributed by atoms with Crippen molar-refractivity contribution in [3.63, 3.8) is 0 Å². The Morgan fingerprint density at radius 3 is 2.68 bits per heavy atom. The van der Waals surface area contributed by atoms with Crippen molar-refractivity contribution < 1.29 is 5.11 Å². The highest BCUT2D eigenvalue weighted by atomic mass is 35.5. The second-order valence-corrected chi connectivity index (χ2v) is 7.03. The largest absolute Gasteiger partial charge is 0.386 e. The molecule has 4 nitrogen and oxygen atoms in total. The topological polar surface area (TPSA) is 47.5 Å². The van der Waals surface area contributed by atoms with Gasteiger partial charge in [-0.25, -0.2) is 5.01 Å². The summed E-state index contributed by atoms with van der Waals surface area (Å²) in [6.45, 7) is 0.853. The van der Waals surface area contributed by atoms with Crippen LogP contribution in [0.15, 0.2) is 24.3 Å². The third-order valence-electron chi connectivity index (χ3n) is 4.10. The van der Waals surface area contributed by atoms with Crippen LogP contribution in [-0.2, 0) is 6.42 Å². The van der Waals surface area contributed by atoms with Crippen molar-refractivity contribution in [2.24, 2.45) is 0 Å². The number of rotatable bonds is 9. The average molecular weight is 362 g/mol. The van der Waals surface area contributed by atoms with Crippen LogP contribution in [0.5, 0.6) is 0 Å². The molecule has 1 unspecified atom stereocenters. The first-order valence-corrected chi connectivity index (χ1v) is 8.41. The molecule has 122 valence electrons. The maximum Gasteiger partial charge on any atom is 0.102 e. The standard InChI is InChI=1S/C15H21Cl2N3OS/c1-18-20(10-19-11-22)9-15(21,14(17)6-7-14)8-12-4-2-3-5-13(12)16/h2-5,11,18,21H,6-10H2,1H3,(H,19,22). The smallest absolute Gasteiger partial charge is 0.102 e. The quantitative estimate of drug-likeness (QED) is 0.272. The fourth-order valence-electron chi connectivity index (χ4n) is 2.57. The number of benzene rings is 1.